The molecule has 0 saturated carbocycles. The van der Waals surface area contributed by atoms with Gasteiger partial charge in [0.15, 0.2) is 5.88 Å². The number of aliphatic hydroxyl groups is 1. The lowest BCUT2D eigenvalue weighted by Crippen LogP contribution is -2.42. The van der Waals surface area contributed by atoms with E-state index in [2.05, 4.69) is 53.1 Å². The molecule has 204 valence electrons. The smallest absolute Gasteiger partial charge is 0.220 e. The van der Waals surface area contributed by atoms with Gasteiger partial charge in [0, 0.05) is 31.6 Å². The fourth-order valence-corrected chi connectivity index (χ4v) is 4.75. The van der Waals surface area contributed by atoms with Gasteiger partial charge in [-0.05, 0) is 64.5 Å². The summed E-state index contributed by atoms with van der Waals surface area (Å²) in [6.45, 7) is 12.0. The molecule has 0 amide bonds. The molecule has 0 spiro atoms. The summed E-state index contributed by atoms with van der Waals surface area (Å²) in [6, 6.07) is 6.35. The molecule has 4 N–H and O–H groups in total. The SMILES string of the molecule is CCO/C(N)=C1\C=C\c2[nH]nc3ccc(cc23)-c2c(C)nn(C)c2O[C@@H](C)CN(C(C)C)CC1=NCCO. The molecule has 0 radical (unpaired) electrons. The maximum Gasteiger partial charge on any atom is 0.220 e. The van der Waals surface area contributed by atoms with Gasteiger partial charge in [-0.15, -0.1) is 0 Å². The first kappa shape index (κ1) is 27.4. The van der Waals surface area contributed by atoms with Crippen LogP contribution in [0.3, 0.4) is 0 Å². The number of aliphatic imine (C=N–C) groups is 1. The molecular formula is C28H39N7O3. The lowest BCUT2D eigenvalue weighted by Gasteiger charge is -2.30. The molecule has 0 unspecified atom stereocenters. The molecule has 2 bridgehead atoms. The summed E-state index contributed by atoms with van der Waals surface area (Å²) >= 11 is 0. The van der Waals surface area contributed by atoms with Gasteiger partial charge in [-0.25, -0.2) is 4.68 Å². The molecule has 38 heavy (non-hydrogen) atoms. The molecule has 1 aromatic carbocycles. The lowest BCUT2D eigenvalue weighted by atomic mass is 10.0. The average molecular weight is 522 g/mol. The van der Waals surface area contributed by atoms with Crippen molar-refractivity contribution in [3.8, 4) is 17.0 Å². The highest BCUT2D eigenvalue weighted by Crippen LogP contribution is 2.36. The summed E-state index contributed by atoms with van der Waals surface area (Å²) in [5.74, 6) is 1.01. The molecule has 1 aliphatic rings. The van der Waals surface area contributed by atoms with Crippen molar-refractivity contribution in [2.75, 3.05) is 32.8 Å². The fourth-order valence-electron chi connectivity index (χ4n) is 4.75. The van der Waals surface area contributed by atoms with E-state index in [9.17, 15) is 5.11 Å². The molecule has 3 heterocycles. The van der Waals surface area contributed by atoms with E-state index in [1.54, 1.807) is 4.68 Å². The van der Waals surface area contributed by atoms with Gasteiger partial charge in [0.2, 0.25) is 5.88 Å². The van der Waals surface area contributed by atoms with Gasteiger partial charge in [0.25, 0.3) is 0 Å². The van der Waals surface area contributed by atoms with Crippen LogP contribution in [0, 0.1) is 6.92 Å². The maximum atomic E-state index is 9.56. The normalized spacial score (nSPS) is 20.3. The van der Waals surface area contributed by atoms with Crippen molar-refractivity contribution < 1.29 is 14.6 Å². The zero-order chi connectivity index (χ0) is 27.4. The molecule has 0 fully saturated rings. The summed E-state index contributed by atoms with van der Waals surface area (Å²) in [5.41, 5.74) is 12.4. The molecule has 0 saturated heterocycles. The van der Waals surface area contributed by atoms with Crippen molar-refractivity contribution >= 4 is 22.7 Å². The molecule has 1 atom stereocenters. The van der Waals surface area contributed by atoms with Gasteiger partial charge < -0.3 is 20.3 Å². The molecule has 10 heteroatoms. The number of aromatic nitrogens is 4. The zero-order valence-electron chi connectivity index (χ0n) is 23.2. The minimum Gasteiger partial charge on any atom is -0.479 e. The number of aliphatic hydroxyl groups excluding tert-OH is 1. The van der Waals surface area contributed by atoms with Crippen LogP contribution < -0.4 is 10.5 Å². The Hall–Kier alpha value is -3.63. The number of nitrogens with two attached hydrogens (primary N) is 1. The largest absolute Gasteiger partial charge is 0.479 e. The van der Waals surface area contributed by atoms with Crippen LogP contribution in [-0.4, -0.2) is 80.7 Å². The molecular weight excluding hydrogens is 482 g/mol. The number of ether oxygens (including phenoxy) is 2. The van der Waals surface area contributed by atoms with E-state index in [1.807, 2.05) is 39.1 Å². The van der Waals surface area contributed by atoms with E-state index in [0.29, 0.717) is 25.3 Å². The minimum absolute atomic E-state index is 0.0627. The first-order valence-electron chi connectivity index (χ1n) is 13.1. The van der Waals surface area contributed by atoms with Crippen LogP contribution in [0.5, 0.6) is 5.88 Å². The van der Waals surface area contributed by atoms with Gasteiger partial charge in [-0.3, -0.25) is 15.0 Å². The van der Waals surface area contributed by atoms with Crippen molar-refractivity contribution in [2.45, 2.75) is 46.8 Å². The quantitative estimate of drug-likeness (QED) is 0.439. The molecule has 4 rings (SSSR count). The van der Waals surface area contributed by atoms with Gasteiger partial charge >= 0.3 is 0 Å². The summed E-state index contributed by atoms with van der Waals surface area (Å²) in [7, 11) is 1.91. The third-order valence-electron chi connectivity index (χ3n) is 6.62. The topological polar surface area (TPSA) is 127 Å². The summed E-state index contributed by atoms with van der Waals surface area (Å²) in [5, 5.41) is 22.8. The third-order valence-corrected chi connectivity index (χ3v) is 6.62. The van der Waals surface area contributed by atoms with Crippen LogP contribution in [0.25, 0.3) is 28.1 Å². The summed E-state index contributed by atoms with van der Waals surface area (Å²) in [4.78, 5) is 7.01. The van der Waals surface area contributed by atoms with Crippen LogP contribution in [-0.2, 0) is 11.8 Å². The summed E-state index contributed by atoms with van der Waals surface area (Å²) < 4.78 is 14.1. The molecule has 0 aliphatic carbocycles. The number of H-pyrrole nitrogens is 1. The zero-order valence-corrected chi connectivity index (χ0v) is 23.2. The second kappa shape index (κ2) is 11.8. The van der Waals surface area contributed by atoms with E-state index in [-0.39, 0.29) is 31.2 Å². The van der Waals surface area contributed by atoms with Gasteiger partial charge in [-0.2, -0.15) is 10.2 Å². The Morgan fingerprint density at radius 1 is 1.34 bits per heavy atom. The number of hydrogen-bond acceptors (Lipinski definition) is 8. The Morgan fingerprint density at radius 2 is 2.13 bits per heavy atom. The highest BCUT2D eigenvalue weighted by Gasteiger charge is 2.24. The number of hydrogen-bond donors (Lipinski definition) is 3. The Bertz CT molecular complexity index is 1370. The highest BCUT2D eigenvalue weighted by atomic mass is 16.5. The number of aryl methyl sites for hydroxylation is 2. The Labute approximate surface area is 223 Å². The van der Waals surface area contributed by atoms with E-state index in [4.69, 9.17) is 20.2 Å². The van der Waals surface area contributed by atoms with E-state index < -0.39 is 0 Å². The summed E-state index contributed by atoms with van der Waals surface area (Å²) in [6.07, 6.45) is 3.72. The van der Waals surface area contributed by atoms with Crippen LogP contribution >= 0.6 is 0 Å². The second-order valence-corrected chi connectivity index (χ2v) is 9.81. The van der Waals surface area contributed by atoms with Crippen LogP contribution in [0.15, 0.2) is 40.7 Å². The first-order valence-corrected chi connectivity index (χ1v) is 13.1. The van der Waals surface area contributed by atoms with Crippen LogP contribution in [0.1, 0.15) is 39.1 Å². The van der Waals surface area contributed by atoms with Crippen molar-refractivity contribution in [2.24, 2.45) is 17.8 Å². The number of nitrogens with zero attached hydrogens (tertiary/aromatic N) is 5. The van der Waals surface area contributed by atoms with Crippen molar-refractivity contribution in [3.05, 3.63) is 47.1 Å². The van der Waals surface area contributed by atoms with Crippen molar-refractivity contribution in [1.82, 2.24) is 24.9 Å². The van der Waals surface area contributed by atoms with Crippen LogP contribution in [0.4, 0.5) is 0 Å². The highest BCUT2D eigenvalue weighted by molar-refractivity contribution is 6.05. The molecule has 2 aromatic heterocycles. The average Bonchev–Trinajstić information content (AvgIpc) is 3.40. The third kappa shape index (κ3) is 5.76. The van der Waals surface area contributed by atoms with E-state index in [0.717, 1.165) is 45.0 Å². The molecule has 3 aromatic rings. The van der Waals surface area contributed by atoms with E-state index in [1.165, 1.54) is 0 Å². The lowest BCUT2D eigenvalue weighted by molar-refractivity contribution is 0.128. The minimum atomic E-state index is -0.143. The Balaban J connectivity index is 1.94. The monoisotopic (exact) mass is 521 g/mol. The van der Waals surface area contributed by atoms with Gasteiger partial charge in [-0.1, -0.05) is 6.07 Å². The van der Waals surface area contributed by atoms with Crippen LogP contribution in [0.2, 0.25) is 0 Å². The van der Waals surface area contributed by atoms with E-state index >= 15 is 0 Å². The number of benzene rings is 1. The number of aromatic amines is 1. The van der Waals surface area contributed by atoms with Gasteiger partial charge in [0.1, 0.15) is 6.10 Å². The maximum absolute atomic E-state index is 9.56. The predicted octanol–water partition coefficient (Wildman–Crippen LogP) is 3.42. The molecule has 1 aliphatic heterocycles. The fraction of sp³-hybridized carbons (Fsp3) is 0.464. The molecule has 10 nitrogen and oxygen atoms in total. The van der Waals surface area contributed by atoms with Gasteiger partial charge in [0.05, 0.1) is 53.5 Å². The van der Waals surface area contributed by atoms with Crippen molar-refractivity contribution in [1.29, 1.82) is 0 Å². The standard InChI is InChI=1S/C28H39N7O3/c1-7-37-27(29)21-9-11-24-22-14-20(8-10-23(22)31-32-24)26-19(5)33-34(6)28(26)38-18(4)15-35(17(2)3)16-25(21)30-12-13-36/h8-11,14,17-18,36H,7,12-13,15-16,29H2,1-6H3,(H,31,32)/b11-9+,27-21+,30-25?/t18-/m0/s1. The predicted molar refractivity (Wildman–Crippen MR) is 151 cm³/mol. The number of nitrogens with one attached hydrogen (secondary N) is 1. The number of fused-ring (bicyclic) bond motifs is 3. The Morgan fingerprint density at radius 3 is 2.84 bits per heavy atom. The Kier molecular flexibility index (Phi) is 8.53. The number of allylic oxidation sites excluding steroid dienone is 1. The first-order chi connectivity index (χ1) is 18.2. The second-order valence-electron chi connectivity index (χ2n) is 9.81. The van der Waals surface area contributed by atoms with Crippen molar-refractivity contribution in [3.63, 3.8) is 0 Å². The number of rotatable bonds is 5.